The number of ether oxygens (including phenoxy) is 2. The number of benzene rings is 1. The Morgan fingerprint density at radius 2 is 2.09 bits per heavy atom. The molecule has 0 fully saturated rings. The number of amides is 1. The summed E-state index contributed by atoms with van der Waals surface area (Å²) in [4.78, 5) is 47.0. The third-order valence-corrected chi connectivity index (χ3v) is 6.30. The summed E-state index contributed by atoms with van der Waals surface area (Å²) >= 11 is 1.33. The fraction of sp³-hybridized carbons (Fsp3) is 0.286. The summed E-state index contributed by atoms with van der Waals surface area (Å²) in [6, 6.07) is 5.58. The summed E-state index contributed by atoms with van der Waals surface area (Å²) in [5.41, 5.74) is 1.01. The first-order chi connectivity index (χ1) is 15.9. The van der Waals surface area contributed by atoms with Gasteiger partial charge in [0.05, 0.1) is 23.5 Å². The molecule has 0 unspecified atom stereocenters. The van der Waals surface area contributed by atoms with Crippen molar-refractivity contribution < 1.29 is 14.3 Å². The molecular weight excluding hydrogens is 448 g/mol. The van der Waals surface area contributed by atoms with Gasteiger partial charge in [0.1, 0.15) is 24.7 Å². The number of nitrogens with one attached hydrogen (secondary N) is 1. The molecule has 0 radical (unpaired) electrons. The molecule has 0 saturated carbocycles. The Balaban J connectivity index is 1.39. The standard InChI is InChI=1S/C21H20N6O5S/c1-4-31-11-5-6-12-13(7-11)32-9-14-16(12)24-20(33-14)23-15(28)8-27-10-22-18-17(27)19(29)26(3)21(30)25(18)2/h5-7,10H,4,8-9H2,1-3H3,(H,23,24,28). The lowest BCUT2D eigenvalue weighted by Gasteiger charge is -2.17. The number of fused-ring (bicyclic) bond motifs is 4. The average molecular weight is 468 g/mol. The van der Waals surface area contributed by atoms with Crippen LogP contribution in [0.5, 0.6) is 11.5 Å². The van der Waals surface area contributed by atoms with E-state index in [0.717, 1.165) is 26.5 Å². The smallest absolute Gasteiger partial charge is 0.332 e. The monoisotopic (exact) mass is 468 g/mol. The van der Waals surface area contributed by atoms with E-state index in [1.165, 1.54) is 40.9 Å². The van der Waals surface area contributed by atoms with E-state index in [2.05, 4.69) is 15.3 Å². The van der Waals surface area contributed by atoms with E-state index in [9.17, 15) is 14.4 Å². The molecule has 0 bridgehead atoms. The van der Waals surface area contributed by atoms with E-state index < -0.39 is 11.2 Å². The van der Waals surface area contributed by atoms with E-state index in [1.807, 2.05) is 25.1 Å². The Labute approximate surface area is 190 Å². The Kier molecular flexibility index (Phi) is 5.01. The number of anilines is 1. The zero-order valence-corrected chi connectivity index (χ0v) is 18.9. The van der Waals surface area contributed by atoms with Crippen molar-refractivity contribution in [1.82, 2.24) is 23.7 Å². The third kappa shape index (κ3) is 3.48. The number of carbonyl (C=O) groups excluding carboxylic acids is 1. The highest BCUT2D eigenvalue weighted by Crippen LogP contribution is 2.42. The van der Waals surface area contributed by atoms with Crippen LogP contribution in [-0.2, 0) is 32.0 Å². The molecule has 1 amide bonds. The topological polar surface area (TPSA) is 122 Å². The first kappa shape index (κ1) is 20.9. The van der Waals surface area contributed by atoms with Crippen LogP contribution in [0.15, 0.2) is 34.1 Å². The van der Waals surface area contributed by atoms with Gasteiger partial charge in [0.15, 0.2) is 16.3 Å². The van der Waals surface area contributed by atoms with Crippen molar-refractivity contribution in [2.24, 2.45) is 14.1 Å². The molecule has 4 aromatic rings. The van der Waals surface area contributed by atoms with E-state index in [0.29, 0.717) is 24.1 Å². The van der Waals surface area contributed by atoms with Crippen molar-refractivity contribution in [3.63, 3.8) is 0 Å². The minimum Gasteiger partial charge on any atom is -0.494 e. The maximum Gasteiger partial charge on any atom is 0.332 e. The molecule has 11 nitrogen and oxygen atoms in total. The first-order valence-electron chi connectivity index (χ1n) is 10.2. The first-order valence-corrected chi connectivity index (χ1v) is 11.0. The Morgan fingerprint density at radius 3 is 2.88 bits per heavy atom. The van der Waals surface area contributed by atoms with Crippen LogP contribution >= 0.6 is 11.3 Å². The Hall–Kier alpha value is -3.93. The van der Waals surface area contributed by atoms with Crippen LogP contribution in [0.1, 0.15) is 11.8 Å². The van der Waals surface area contributed by atoms with Crippen LogP contribution in [0.4, 0.5) is 5.13 Å². The lowest BCUT2D eigenvalue weighted by molar-refractivity contribution is -0.116. The number of hydrogen-bond acceptors (Lipinski definition) is 8. The number of hydrogen-bond donors (Lipinski definition) is 1. The SMILES string of the molecule is CCOc1ccc2c(c1)OCc1sc(NC(=O)Cn3cnc4c3c(=O)n(C)c(=O)n4C)nc1-2. The minimum absolute atomic E-state index is 0.154. The van der Waals surface area contributed by atoms with Crippen molar-refractivity contribution in [3.8, 4) is 22.8 Å². The summed E-state index contributed by atoms with van der Waals surface area (Å²) in [7, 11) is 2.91. The Bertz CT molecular complexity index is 1530. The second kappa shape index (κ2) is 7.89. The number of aromatic nitrogens is 5. The summed E-state index contributed by atoms with van der Waals surface area (Å²) in [6.45, 7) is 2.67. The largest absolute Gasteiger partial charge is 0.494 e. The van der Waals surface area contributed by atoms with Gasteiger partial charge in [0, 0.05) is 25.7 Å². The van der Waals surface area contributed by atoms with E-state index >= 15 is 0 Å². The third-order valence-electron chi connectivity index (χ3n) is 5.35. The predicted octanol–water partition coefficient (Wildman–Crippen LogP) is 1.49. The van der Waals surface area contributed by atoms with Crippen LogP contribution < -0.4 is 26.0 Å². The van der Waals surface area contributed by atoms with Gasteiger partial charge >= 0.3 is 5.69 Å². The second-order valence-electron chi connectivity index (χ2n) is 7.47. The molecule has 0 spiro atoms. The highest BCUT2D eigenvalue weighted by molar-refractivity contribution is 7.16. The van der Waals surface area contributed by atoms with Crippen molar-refractivity contribution in [3.05, 3.63) is 50.2 Å². The van der Waals surface area contributed by atoms with Gasteiger partial charge in [0.2, 0.25) is 5.91 Å². The minimum atomic E-state index is -0.511. The lowest BCUT2D eigenvalue weighted by atomic mass is 10.1. The van der Waals surface area contributed by atoms with Crippen LogP contribution in [0.3, 0.4) is 0 Å². The van der Waals surface area contributed by atoms with Gasteiger partial charge < -0.3 is 19.4 Å². The number of imidazole rings is 1. The van der Waals surface area contributed by atoms with Gasteiger partial charge in [-0.2, -0.15) is 0 Å². The second-order valence-corrected chi connectivity index (χ2v) is 8.55. The molecule has 3 aromatic heterocycles. The van der Waals surface area contributed by atoms with Gasteiger partial charge in [-0.1, -0.05) is 11.3 Å². The van der Waals surface area contributed by atoms with Crippen molar-refractivity contribution >= 4 is 33.5 Å². The summed E-state index contributed by atoms with van der Waals surface area (Å²) in [5, 5.41) is 3.22. The number of nitrogens with zero attached hydrogens (tertiary/aromatic N) is 5. The number of rotatable bonds is 5. The highest BCUT2D eigenvalue weighted by atomic mass is 32.1. The zero-order valence-electron chi connectivity index (χ0n) is 18.1. The van der Waals surface area contributed by atoms with Crippen LogP contribution in [-0.4, -0.2) is 36.2 Å². The maximum atomic E-state index is 12.7. The maximum absolute atomic E-state index is 12.7. The molecule has 5 rings (SSSR count). The molecule has 1 aliphatic rings. The Morgan fingerprint density at radius 1 is 1.27 bits per heavy atom. The lowest BCUT2D eigenvalue weighted by Crippen LogP contribution is -2.37. The molecule has 170 valence electrons. The highest BCUT2D eigenvalue weighted by Gasteiger charge is 2.24. The molecule has 1 N–H and O–H groups in total. The van der Waals surface area contributed by atoms with Gasteiger partial charge in [-0.15, -0.1) is 0 Å². The van der Waals surface area contributed by atoms with E-state index in [1.54, 1.807) is 0 Å². The van der Waals surface area contributed by atoms with Gasteiger partial charge in [0.25, 0.3) is 5.56 Å². The van der Waals surface area contributed by atoms with Crippen molar-refractivity contribution in [2.45, 2.75) is 20.1 Å². The summed E-state index contributed by atoms with van der Waals surface area (Å²) in [6.07, 6.45) is 1.37. The number of carbonyl (C=O) groups is 1. The molecule has 12 heteroatoms. The molecule has 0 atom stereocenters. The van der Waals surface area contributed by atoms with Gasteiger partial charge in [-0.25, -0.2) is 14.8 Å². The molecule has 1 aliphatic heterocycles. The normalized spacial score (nSPS) is 12.2. The van der Waals surface area contributed by atoms with E-state index in [-0.39, 0.29) is 23.6 Å². The average Bonchev–Trinajstić information content (AvgIpc) is 3.40. The molecule has 0 saturated heterocycles. The van der Waals surface area contributed by atoms with Crippen LogP contribution in [0.2, 0.25) is 0 Å². The van der Waals surface area contributed by atoms with Crippen molar-refractivity contribution in [2.75, 3.05) is 11.9 Å². The van der Waals surface area contributed by atoms with Gasteiger partial charge in [-0.05, 0) is 19.1 Å². The van der Waals surface area contributed by atoms with Crippen LogP contribution in [0.25, 0.3) is 22.4 Å². The molecule has 0 aliphatic carbocycles. The number of thiazole rings is 1. The summed E-state index contributed by atoms with van der Waals surface area (Å²) in [5.74, 6) is 1.03. The van der Waals surface area contributed by atoms with Crippen molar-refractivity contribution in [1.29, 1.82) is 0 Å². The summed E-state index contributed by atoms with van der Waals surface area (Å²) < 4.78 is 15.0. The molecule has 4 heterocycles. The van der Waals surface area contributed by atoms with Crippen LogP contribution in [0, 0.1) is 0 Å². The molecule has 1 aromatic carbocycles. The van der Waals surface area contributed by atoms with Gasteiger partial charge in [-0.3, -0.25) is 18.7 Å². The fourth-order valence-corrected chi connectivity index (χ4v) is 4.67. The number of aryl methyl sites for hydroxylation is 1. The van der Waals surface area contributed by atoms with E-state index in [4.69, 9.17) is 9.47 Å². The molecule has 33 heavy (non-hydrogen) atoms. The molecular formula is C21H20N6O5S. The zero-order chi connectivity index (χ0) is 23.3. The quantitative estimate of drug-likeness (QED) is 0.471. The fourth-order valence-electron chi connectivity index (χ4n) is 3.76. The predicted molar refractivity (Wildman–Crippen MR) is 122 cm³/mol.